The molecule has 0 aliphatic heterocycles. The predicted octanol–water partition coefficient (Wildman–Crippen LogP) is -0.104. The fraction of sp³-hybridized carbons (Fsp3) is 0.667. The second-order valence-corrected chi connectivity index (χ2v) is 2.55. The second kappa shape index (κ2) is 5.01. The first-order chi connectivity index (χ1) is 5.07. The van der Waals surface area contributed by atoms with Crippen LogP contribution in [-0.4, -0.2) is 28.8 Å². The van der Waals surface area contributed by atoms with Crippen molar-refractivity contribution in [2.45, 2.75) is 19.4 Å². The molecule has 11 heavy (non-hydrogen) atoms. The van der Waals surface area contributed by atoms with Crippen LogP contribution in [0.1, 0.15) is 13.3 Å². The van der Waals surface area contributed by atoms with E-state index in [2.05, 4.69) is 17.9 Å². The molecule has 0 aliphatic carbocycles. The molecule has 0 aliphatic rings. The van der Waals surface area contributed by atoms with Crippen molar-refractivity contribution in [2.75, 3.05) is 5.75 Å². The molecule has 0 spiro atoms. The molecule has 0 fully saturated rings. The zero-order valence-electron chi connectivity index (χ0n) is 6.20. The summed E-state index contributed by atoms with van der Waals surface area (Å²) in [5, 5.41) is 10.7. The topological polar surface area (TPSA) is 66.4 Å². The normalized spacial score (nSPS) is 12.2. The molecule has 0 saturated heterocycles. The molecule has 0 unspecified atom stereocenters. The third kappa shape index (κ3) is 4.66. The van der Waals surface area contributed by atoms with Crippen molar-refractivity contribution < 1.29 is 14.7 Å². The monoisotopic (exact) mass is 177 g/mol. The number of amides is 1. The third-order valence-electron chi connectivity index (χ3n) is 1.09. The van der Waals surface area contributed by atoms with E-state index < -0.39 is 12.0 Å². The molecule has 0 bridgehead atoms. The molecular weight excluding hydrogens is 166 g/mol. The molecule has 0 heterocycles. The van der Waals surface area contributed by atoms with Crippen LogP contribution in [0.5, 0.6) is 0 Å². The van der Waals surface area contributed by atoms with Crippen molar-refractivity contribution in [1.82, 2.24) is 5.32 Å². The number of carboxylic acid groups (broad SMARTS) is 1. The molecule has 1 amide bonds. The number of aliphatic carboxylic acids is 1. The Morgan fingerprint density at radius 2 is 2.18 bits per heavy atom. The van der Waals surface area contributed by atoms with Crippen molar-refractivity contribution in [3.8, 4) is 0 Å². The first-order valence-electron chi connectivity index (χ1n) is 3.21. The van der Waals surface area contributed by atoms with Gasteiger partial charge in [-0.15, -0.1) is 0 Å². The zero-order valence-corrected chi connectivity index (χ0v) is 7.10. The van der Waals surface area contributed by atoms with Gasteiger partial charge >= 0.3 is 5.97 Å². The number of carboxylic acids is 1. The SMILES string of the molecule is C[C@@H](NC(=O)CCS)C(=O)O. The summed E-state index contributed by atoms with van der Waals surface area (Å²) in [5.74, 6) is -0.884. The molecule has 0 aromatic rings. The molecule has 4 nitrogen and oxygen atoms in total. The Kier molecular flexibility index (Phi) is 4.69. The Labute approximate surface area is 70.4 Å². The largest absolute Gasteiger partial charge is 0.480 e. The van der Waals surface area contributed by atoms with Crippen LogP contribution < -0.4 is 5.32 Å². The summed E-state index contributed by atoms with van der Waals surface area (Å²) >= 11 is 3.83. The first-order valence-corrected chi connectivity index (χ1v) is 3.84. The number of nitrogens with one attached hydrogen (secondary N) is 1. The minimum Gasteiger partial charge on any atom is -0.480 e. The summed E-state index contributed by atoms with van der Waals surface area (Å²) in [4.78, 5) is 20.9. The van der Waals surface area contributed by atoms with E-state index in [0.717, 1.165) is 0 Å². The van der Waals surface area contributed by atoms with Gasteiger partial charge in [-0.1, -0.05) is 0 Å². The summed E-state index contributed by atoms with van der Waals surface area (Å²) in [6.45, 7) is 1.42. The minimum absolute atomic E-state index is 0.251. The van der Waals surface area contributed by atoms with Gasteiger partial charge in [0.25, 0.3) is 0 Å². The van der Waals surface area contributed by atoms with Gasteiger partial charge in [0, 0.05) is 6.42 Å². The lowest BCUT2D eigenvalue weighted by Crippen LogP contribution is -2.38. The van der Waals surface area contributed by atoms with E-state index in [1.165, 1.54) is 6.92 Å². The van der Waals surface area contributed by atoms with Crippen LogP contribution in [0.3, 0.4) is 0 Å². The molecule has 0 radical (unpaired) electrons. The average molecular weight is 177 g/mol. The van der Waals surface area contributed by atoms with Crippen molar-refractivity contribution >= 4 is 24.5 Å². The summed E-state index contributed by atoms with van der Waals surface area (Å²) in [7, 11) is 0. The van der Waals surface area contributed by atoms with Crippen molar-refractivity contribution in [2.24, 2.45) is 0 Å². The first kappa shape index (κ1) is 10.3. The van der Waals surface area contributed by atoms with Crippen LogP contribution in [0.15, 0.2) is 0 Å². The van der Waals surface area contributed by atoms with E-state index in [9.17, 15) is 9.59 Å². The Morgan fingerprint density at radius 3 is 2.55 bits per heavy atom. The van der Waals surface area contributed by atoms with Crippen LogP contribution in [-0.2, 0) is 9.59 Å². The summed E-state index contributed by atoms with van der Waals surface area (Å²) < 4.78 is 0. The lowest BCUT2D eigenvalue weighted by molar-refractivity contribution is -0.141. The van der Waals surface area contributed by atoms with E-state index in [1.54, 1.807) is 0 Å². The average Bonchev–Trinajstić information content (AvgIpc) is 1.87. The van der Waals surface area contributed by atoms with Gasteiger partial charge < -0.3 is 10.4 Å². The maximum Gasteiger partial charge on any atom is 0.325 e. The summed E-state index contributed by atoms with van der Waals surface area (Å²) in [6, 6.07) is -0.817. The Bertz CT molecular complexity index is 160. The van der Waals surface area contributed by atoms with Crippen molar-refractivity contribution in [3.05, 3.63) is 0 Å². The van der Waals surface area contributed by atoms with Gasteiger partial charge in [0.2, 0.25) is 5.91 Å². The molecule has 64 valence electrons. The van der Waals surface area contributed by atoms with Crippen LogP contribution in [0.4, 0.5) is 0 Å². The van der Waals surface area contributed by atoms with Gasteiger partial charge in [0.15, 0.2) is 0 Å². The van der Waals surface area contributed by atoms with Crippen LogP contribution in [0.25, 0.3) is 0 Å². The van der Waals surface area contributed by atoms with Gasteiger partial charge in [-0.3, -0.25) is 9.59 Å². The Hall–Kier alpha value is -0.710. The Morgan fingerprint density at radius 1 is 1.64 bits per heavy atom. The predicted molar refractivity (Wildman–Crippen MR) is 43.7 cm³/mol. The molecule has 0 aromatic heterocycles. The molecule has 1 atom stereocenters. The maximum absolute atomic E-state index is 10.7. The van der Waals surface area contributed by atoms with Gasteiger partial charge in [-0.2, -0.15) is 12.6 Å². The smallest absolute Gasteiger partial charge is 0.325 e. The third-order valence-corrected chi connectivity index (χ3v) is 1.31. The van der Waals surface area contributed by atoms with E-state index in [4.69, 9.17) is 5.11 Å². The van der Waals surface area contributed by atoms with E-state index in [0.29, 0.717) is 5.75 Å². The minimum atomic E-state index is -1.03. The van der Waals surface area contributed by atoms with E-state index >= 15 is 0 Å². The second-order valence-electron chi connectivity index (χ2n) is 2.10. The molecule has 2 N–H and O–H groups in total. The number of hydrogen-bond donors (Lipinski definition) is 3. The van der Waals surface area contributed by atoms with Crippen LogP contribution >= 0.6 is 12.6 Å². The van der Waals surface area contributed by atoms with E-state index in [-0.39, 0.29) is 12.3 Å². The number of rotatable bonds is 4. The van der Waals surface area contributed by atoms with Gasteiger partial charge in [-0.05, 0) is 12.7 Å². The quantitative estimate of drug-likeness (QED) is 0.525. The number of carbonyl (C=O) groups excluding carboxylic acids is 1. The molecule has 0 saturated carbocycles. The van der Waals surface area contributed by atoms with Crippen LogP contribution in [0.2, 0.25) is 0 Å². The number of thiol groups is 1. The highest BCUT2D eigenvalue weighted by Crippen LogP contribution is 1.86. The lowest BCUT2D eigenvalue weighted by atomic mass is 10.3. The van der Waals surface area contributed by atoms with Gasteiger partial charge in [0.05, 0.1) is 0 Å². The van der Waals surface area contributed by atoms with Crippen LogP contribution in [0, 0.1) is 0 Å². The molecular formula is C6H11NO3S. The molecule has 5 heteroatoms. The fourth-order valence-electron chi connectivity index (χ4n) is 0.477. The summed E-state index contributed by atoms with van der Waals surface area (Å²) in [6.07, 6.45) is 0.251. The molecule has 0 aromatic carbocycles. The summed E-state index contributed by atoms with van der Waals surface area (Å²) in [5.41, 5.74) is 0. The van der Waals surface area contributed by atoms with E-state index in [1.807, 2.05) is 0 Å². The highest BCUT2D eigenvalue weighted by Gasteiger charge is 2.12. The maximum atomic E-state index is 10.7. The van der Waals surface area contributed by atoms with Crippen molar-refractivity contribution in [3.63, 3.8) is 0 Å². The zero-order chi connectivity index (χ0) is 8.85. The van der Waals surface area contributed by atoms with Gasteiger partial charge in [-0.25, -0.2) is 0 Å². The highest BCUT2D eigenvalue weighted by molar-refractivity contribution is 7.80. The Balaban J connectivity index is 3.66. The van der Waals surface area contributed by atoms with Crippen molar-refractivity contribution in [1.29, 1.82) is 0 Å². The standard InChI is InChI=1S/C6H11NO3S/c1-4(6(9)10)7-5(8)2-3-11/h4,11H,2-3H2,1H3,(H,7,8)(H,9,10)/t4-/m1/s1. The number of hydrogen-bond acceptors (Lipinski definition) is 3. The lowest BCUT2D eigenvalue weighted by Gasteiger charge is -2.07. The number of carbonyl (C=O) groups is 2. The molecule has 0 rings (SSSR count). The highest BCUT2D eigenvalue weighted by atomic mass is 32.1. The fourth-order valence-corrected chi connectivity index (χ4v) is 0.680. The van der Waals surface area contributed by atoms with Gasteiger partial charge in [0.1, 0.15) is 6.04 Å².